The third-order valence-corrected chi connectivity index (χ3v) is 2.95. The summed E-state index contributed by atoms with van der Waals surface area (Å²) in [4.78, 5) is 4.27. The van der Waals surface area contributed by atoms with Gasteiger partial charge in [0, 0.05) is 23.5 Å². The lowest BCUT2D eigenvalue weighted by molar-refractivity contribution is 0.306. The highest BCUT2D eigenvalue weighted by molar-refractivity contribution is 7.80. The van der Waals surface area contributed by atoms with Crippen molar-refractivity contribution < 1.29 is 4.74 Å². The van der Waals surface area contributed by atoms with Gasteiger partial charge >= 0.3 is 0 Å². The Kier molecular flexibility index (Phi) is 4.12. The van der Waals surface area contributed by atoms with Gasteiger partial charge in [-0.15, -0.1) is 0 Å². The van der Waals surface area contributed by atoms with Crippen molar-refractivity contribution in [3.05, 3.63) is 58.9 Å². The molecule has 0 fully saturated rings. The van der Waals surface area contributed by atoms with Crippen LogP contribution in [0.2, 0.25) is 5.02 Å². The van der Waals surface area contributed by atoms with E-state index in [1.165, 1.54) is 0 Å². The zero-order chi connectivity index (χ0) is 13.0. The predicted molar refractivity (Wildman–Crippen MR) is 75.9 cm³/mol. The first-order chi connectivity index (χ1) is 8.66. The fourth-order valence-electron chi connectivity index (χ4n) is 1.42. The summed E-state index contributed by atoms with van der Waals surface area (Å²) < 4.78 is 5.64. The van der Waals surface area contributed by atoms with E-state index in [9.17, 15) is 0 Å². The molecule has 0 aliphatic rings. The largest absolute Gasteiger partial charge is 0.489 e. The number of aromatic nitrogens is 1. The maximum absolute atomic E-state index is 5.99. The third kappa shape index (κ3) is 3.18. The zero-order valence-electron chi connectivity index (χ0n) is 9.47. The molecule has 2 aromatic rings. The fraction of sp³-hybridized carbons (Fsp3) is 0.0769. The molecular weight excluding hydrogens is 268 g/mol. The molecule has 92 valence electrons. The number of rotatable bonds is 4. The Morgan fingerprint density at radius 2 is 2.22 bits per heavy atom. The monoisotopic (exact) mass is 278 g/mol. The minimum Gasteiger partial charge on any atom is -0.489 e. The SMILES string of the molecule is NC(=S)c1cccc(OCc2ccncc2Cl)c1. The average molecular weight is 279 g/mol. The van der Waals surface area contributed by atoms with E-state index in [0.717, 1.165) is 11.1 Å². The second-order valence-electron chi connectivity index (χ2n) is 3.65. The van der Waals surface area contributed by atoms with Gasteiger partial charge in [-0.3, -0.25) is 4.98 Å². The standard InChI is InChI=1S/C13H11ClN2OS/c14-12-7-16-5-4-10(12)8-17-11-3-1-2-9(6-11)13(15)18/h1-7H,8H2,(H2,15,18). The Morgan fingerprint density at radius 3 is 2.94 bits per heavy atom. The van der Waals surface area contributed by atoms with Crippen LogP contribution < -0.4 is 10.5 Å². The van der Waals surface area contributed by atoms with E-state index in [4.69, 9.17) is 34.3 Å². The van der Waals surface area contributed by atoms with Crippen molar-refractivity contribution in [2.75, 3.05) is 0 Å². The summed E-state index contributed by atoms with van der Waals surface area (Å²) in [5, 5.41) is 0.586. The first kappa shape index (κ1) is 12.8. The molecule has 0 aliphatic carbocycles. The van der Waals surface area contributed by atoms with E-state index < -0.39 is 0 Å². The fourth-order valence-corrected chi connectivity index (χ4v) is 1.72. The Morgan fingerprint density at radius 1 is 1.39 bits per heavy atom. The summed E-state index contributed by atoms with van der Waals surface area (Å²) in [7, 11) is 0. The number of ether oxygens (including phenoxy) is 1. The quantitative estimate of drug-likeness (QED) is 0.874. The normalized spacial score (nSPS) is 10.1. The lowest BCUT2D eigenvalue weighted by Gasteiger charge is -2.08. The van der Waals surface area contributed by atoms with Gasteiger partial charge < -0.3 is 10.5 Å². The van der Waals surface area contributed by atoms with Gasteiger partial charge in [-0.2, -0.15) is 0 Å². The molecule has 0 saturated carbocycles. The summed E-state index contributed by atoms with van der Waals surface area (Å²) >= 11 is 10.9. The summed E-state index contributed by atoms with van der Waals surface area (Å²) in [6.07, 6.45) is 3.27. The van der Waals surface area contributed by atoms with Crippen molar-refractivity contribution in [3.63, 3.8) is 0 Å². The number of pyridine rings is 1. The topological polar surface area (TPSA) is 48.1 Å². The number of benzene rings is 1. The maximum atomic E-state index is 5.99. The van der Waals surface area contributed by atoms with Crippen molar-refractivity contribution in [2.45, 2.75) is 6.61 Å². The summed E-state index contributed by atoms with van der Waals surface area (Å²) in [5.41, 5.74) is 7.22. The number of thiocarbonyl (C=S) groups is 1. The van der Waals surface area contributed by atoms with Crippen molar-refractivity contribution in [1.82, 2.24) is 4.98 Å². The Bertz CT molecular complexity index is 574. The van der Waals surface area contributed by atoms with E-state index in [1.807, 2.05) is 24.3 Å². The molecule has 1 heterocycles. The summed E-state index contributed by atoms with van der Waals surface area (Å²) in [5.74, 6) is 0.702. The van der Waals surface area contributed by atoms with Crippen LogP contribution in [0.3, 0.4) is 0 Å². The van der Waals surface area contributed by atoms with Gasteiger partial charge in [-0.25, -0.2) is 0 Å². The predicted octanol–water partition coefficient (Wildman–Crippen LogP) is 2.95. The zero-order valence-corrected chi connectivity index (χ0v) is 11.0. The molecule has 2 N–H and O–H groups in total. The second kappa shape index (κ2) is 5.80. The molecule has 0 amide bonds. The van der Waals surface area contributed by atoms with Crippen molar-refractivity contribution in [2.24, 2.45) is 5.73 Å². The van der Waals surface area contributed by atoms with Gasteiger partial charge in [0.25, 0.3) is 0 Å². The number of hydrogen-bond acceptors (Lipinski definition) is 3. The second-order valence-corrected chi connectivity index (χ2v) is 4.49. The highest BCUT2D eigenvalue weighted by Crippen LogP contribution is 2.18. The average Bonchev–Trinajstić information content (AvgIpc) is 2.38. The van der Waals surface area contributed by atoms with Gasteiger partial charge in [0.2, 0.25) is 0 Å². The van der Waals surface area contributed by atoms with Gasteiger partial charge in [0.15, 0.2) is 0 Å². The van der Waals surface area contributed by atoms with E-state index in [0.29, 0.717) is 22.4 Å². The minimum atomic E-state index is 0.349. The summed E-state index contributed by atoms with van der Waals surface area (Å²) in [6, 6.07) is 9.15. The molecule has 0 saturated heterocycles. The molecule has 18 heavy (non-hydrogen) atoms. The van der Waals surface area contributed by atoms with Gasteiger partial charge in [-0.1, -0.05) is 36.0 Å². The van der Waals surface area contributed by atoms with E-state index in [-0.39, 0.29) is 0 Å². The first-order valence-electron chi connectivity index (χ1n) is 5.28. The molecule has 2 rings (SSSR count). The first-order valence-corrected chi connectivity index (χ1v) is 6.06. The highest BCUT2D eigenvalue weighted by atomic mass is 35.5. The lowest BCUT2D eigenvalue weighted by Crippen LogP contribution is -2.09. The number of nitrogens with two attached hydrogens (primary N) is 1. The molecular formula is C13H11ClN2OS. The molecule has 0 bridgehead atoms. The summed E-state index contributed by atoms with van der Waals surface area (Å²) in [6.45, 7) is 0.377. The molecule has 1 aromatic carbocycles. The molecule has 0 spiro atoms. The van der Waals surface area contributed by atoms with Crippen LogP contribution in [-0.4, -0.2) is 9.97 Å². The maximum Gasteiger partial charge on any atom is 0.120 e. The van der Waals surface area contributed by atoms with Crippen LogP contribution in [0.25, 0.3) is 0 Å². The minimum absolute atomic E-state index is 0.349. The Hall–Kier alpha value is -1.65. The molecule has 5 heteroatoms. The molecule has 0 aliphatic heterocycles. The van der Waals surface area contributed by atoms with Crippen LogP contribution >= 0.6 is 23.8 Å². The van der Waals surface area contributed by atoms with Gasteiger partial charge in [-0.05, 0) is 18.2 Å². The molecule has 3 nitrogen and oxygen atoms in total. The molecule has 0 atom stereocenters. The van der Waals surface area contributed by atoms with Crippen LogP contribution in [0.4, 0.5) is 0 Å². The van der Waals surface area contributed by atoms with Crippen molar-refractivity contribution in [3.8, 4) is 5.75 Å². The lowest BCUT2D eigenvalue weighted by atomic mass is 10.2. The van der Waals surface area contributed by atoms with Crippen molar-refractivity contribution in [1.29, 1.82) is 0 Å². The van der Waals surface area contributed by atoms with Crippen LogP contribution in [0.1, 0.15) is 11.1 Å². The van der Waals surface area contributed by atoms with E-state index in [1.54, 1.807) is 18.5 Å². The van der Waals surface area contributed by atoms with Gasteiger partial charge in [0.1, 0.15) is 17.3 Å². The molecule has 1 aromatic heterocycles. The smallest absolute Gasteiger partial charge is 0.120 e. The third-order valence-electron chi connectivity index (χ3n) is 2.37. The number of nitrogens with zero attached hydrogens (tertiary/aromatic N) is 1. The van der Waals surface area contributed by atoms with E-state index in [2.05, 4.69) is 4.98 Å². The van der Waals surface area contributed by atoms with E-state index >= 15 is 0 Å². The van der Waals surface area contributed by atoms with Gasteiger partial charge in [0.05, 0.1) is 5.02 Å². The van der Waals surface area contributed by atoms with Crippen LogP contribution in [0.5, 0.6) is 5.75 Å². The van der Waals surface area contributed by atoms with Crippen LogP contribution in [0, 0.1) is 0 Å². The number of hydrogen-bond donors (Lipinski definition) is 1. The van der Waals surface area contributed by atoms with Crippen LogP contribution in [-0.2, 0) is 6.61 Å². The van der Waals surface area contributed by atoms with Crippen molar-refractivity contribution >= 4 is 28.8 Å². The van der Waals surface area contributed by atoms with Crippen LogP contribution in [0.15, 0.2) is 42.7 Å². The molecule has 0 radical (unpaired) electrons. The highest BCUT2D eigenvalue weighted by Gasteiger charge is 2.02. The molecule has 0 unspecified atom stereocenters. The Balaban J connectivity index is 2.09. The Labute approximate surface area is 116 Å². The number of halogens is 1.